The molecule has 36 heavy (non-hydrogen) atoms. The zero-order chi connectivity index (χ0) is 25.3. The van der Waals surface area contributed by atoms with E-state index in [0.717, 1.165) is 48.2 Å². The second-order valence-electron chi connectivity index (χ2n) is 8.65. The molecular formula is C29H31FN4O2. The number of fused-ring (bicyclic) bond motifs is 1. The third kappa shape index (κ3) is 6.16. The Balaban J connectivity index is 1.34. The monoisotopic (exact) mass is 486 g/mol. The Hall–Kier alpha value is -4.00. The van der Waals surface area contributed by atoms with Gasteiger partial charge in [-0.1, -0.05) is 36.8 Å². The minimum atomic E-state index is -0.360. The van der Waals surface area contributed by atoms with Gasteiger partial charge in [-0.3, -0.25) is 9.59 Å². The van der Waals surface area contributed by atoms with Gasteiger partial charge in [0.05, 0.1) is 11.0 Å². The number of amides is 2. The Morgan fingerprint density at radius 3 is 2.39 bits per heavy atom. The number of para-hydroxylation sites is 3. The zero-order valence-corrected chi connectivity index (χ0v) is 20.5. The maximum atomic E-state index is 13.3. The predicted octanol–water partition coefficient (Wildman–Crippen LogP) is 5.37. The van der Waals surface area contributed by atoms with Crippen molar-refractivity contribution in [2.45, 2.75) is 39.2 Å². The molecule has 3 aromatic carbocycles. The molecule has 0 aliphatic carbocycles. The molecule has 6 nitrogen and oxygen atoms in total. The van der Waals surface area contributed by atoms with Gasteiger partial charge in [0, 0.05) is 30.8 Å². The lowest BCUT2D eigenvalue weighted by molar-refractivity contribution is -0.119. The Morgan fingerprint density at radius 1 is 0.917 bits per heavy atom. The fourth-order valence-corrected chi connectivity index (χ4v) is 4.31. The van der Waals surface area contributed by atoms with Crippen LogP contribution < -0.4 is 10.2 Å². The minimum Gasteiger partial charge on any atom is -0.352 e. The van der Waals surface area contributed by atoms with Gasteiger partial charge < -0.3 is 14.8 Å². The second-order valence-corrected chi connectivity index (χ2v) is 8.65. The van der Waals surface area contributed by atoms with E-state index in [-0.39, 0.29) is 24.2 Å². The number of unbranched alkanes of at least 4 members (excludes halogenated alkanes) is 2. The molecule has 0 atom stereocenters. The molecule has 7 heteroatoms. The van der Waals surface area contributed by atoms with Crippen LogP contribution in [0.2, 0.25) is 0 Å². The number of nitrogens with zero attached hydrogens (tertiary/aromatic N) is 3. The van der Waals surface area contributed by atoms with Gasteiger partial charge >= 0.3 is 0 Å². The van der Waals surface area contributed by atoms with Crippen LogP contribution in [0.5, 0.6) is 0 Å². The summed E-state index contributed by atoms with van der Waals surface area (Å²) in [5, 5.41) is 2.88. The highest BCUT2D eigenvalue weighted by atomic mass is 19.1. The van der Waals surface area contributed by atoms with Crippen molar-refractivity contribution in [1.82, 2.24) is 14.9 Å². The smallest absolute Gasteiger partial charge is 0.251 e. The molecule has 1 heterocycles. The van der Waals surface area contributed by atoms with Crippen molar-refractivity contribution in [3.63, 3.8) is 0 Å². The molecule has 0 spiro atoms. The quantitative estimate of drug-likeness (QED) is 0.290. The van der Waals surface area contributed by atoms with Crippen molar-refractivity contribution in [2.75, 3.05) is 18.0 Å². The molecule has 0 saturated heterocycles. The van der Waals surface area contributed by atoms with Gasteiger partial charge in [0.15, 0.2) is 0 Å². The van der Waals surface area contributed by atoms with Crippen molar-refractivity contribution in [3.8, 4) is 0 Å². The van der Waals surface area contributed by atoms with E-state index in [9.17, 15) is 14.0 Å². The first-order chi connectivity index (χ1) is 17.6. The number of imidazole rings is 1. The number of carbonyl (C=O) groups excluding carboxylic acids is 2. The molecule has 0 radical (unpaired) electrons. The van der Waals surface area contributed by atoms with E-state index in [1.165, 1.54) is 24.3 Å². The van der Waals surface area contributed by atoms with E-state index in [1.54, 1.807) is 4.90 Å². The lowest BCUT2D eigenvalue weighted by Gasteiger charge is -2.22. The average Bonchev–Trinajstić information content (AvgIpc) is 3.24. The van der Waals surface area contributed by atoms with E-state index in [0.29, 0.717) is 18.7 Å². The first kappa shape index (κ1) is 25.1. The molecule has 2 amide bonds. The molecule has 186 valence electrons. The van der Waals surface area contributed by atoms with Crippen molar-refractivity contribution in [1.29, 1.82) is 0 Å². The van der Waals surface area contributed by atoms with E-state index < -0.39 is 0 Å². The molecule has 0 unspecified atom stereocenters. The highest BCUT2D eigenvalue weighted by Crippen LogP contribution is 2.20. The fraction of sp³-hybridized carbons (Fsp3) is 0.276. The Morgan fingerprint density at radius 2 is 1.64 bits per heavy atom. The highest BCUT2D eigenvalue weighted by Gasteiger charge is 2.18. The van der Waals surface area contributed by atoms with Crippen LogP contribution in [-0.4, -0.2) is 34.5 Å². The summed E-state index contributed by atoms with van der Waals surface area (Å²) >= 11 is 0. The van der Waals surface area contributed by atoms with Gasteiger partial charge in [-0.2, -0.15) is 0 Å². The molecule has 4 rings (SSSR count). The van der Waals surface area contributed by atoms with Crippen LogP contribution in [0.25, 0.3) is 11.0 Å². The highest BCUT2D eigenvalue weighted by molar-refractivity contribution is 5.94. The number of hydrogen-bond acceptors (Lipinski definition) is 3. The Bertz CT molecular complexity index is 1300. The summed E-state index contributed by atoms with van der Waals surface area (Å²) < 4.78 is 15.1. The number of aromatic nitrogens is 2. The molecule has 1 aromatic heterocycles. The zero-order valence-electron chi connectivity index (χ0n) is 20.5. The molecule has 0 aliphatic rings. The van der Waals surface area contributed by atoms with Crippen LogP contribution in [0.15, 0.2) is 78.9 Å². The Kier molecular flexibility index (Phi) is 8.44. The van der Waals surface area contributed by atoms with Crippen molar-refractivity contribution in [2.24, 2.45) is 0 Å². The van der Waals surface area contributed by atoms with Gasteiger partial charge in [-0.25, -0.2) is 9.37 Å². The molecular weight excluding hydrogens is 455 g/mol. The van der Waals surface area contributed by atoms with Crippen LogP contribution in [0.1, 0.15) is 42.4 Å². The summed E-state index contributed by atoms with van der Waals surface area (Å²) in [4.78, 5) is 32.0. The maximum absolute atomic E-state index is 13.3. The number of hydrogen-bond donors (Lipinski definition) is 1. The fourth-order valence-electron chi connectivity index (χ4n) is 4.31. The van der Waals surface area contributed by atoms with Gasteiger partial charge in [0.25, 0.3) is 5.91 Å². The van der Waals surface area contributed by atoms with Gasteiger partial charge in [0.1, 0.15) is 18.2 Å². The molecule has 0 saturated carbocycles. The van der Waals surface area contributed by atoms with Crippen LogP contribution in [0, 0.1) is 5.82 Å². The second kappa shape index (κ2) is 12.1. The summed E-state index contributed by atoms with van der Waals surface area (Å²) in [6.07, 6.45) is 3.36. The number of rotatable bonds is 11. The van der Waals surface area contributed by atoms with E-state index in [2.05, 4.69) is 5.32 Å². The normalized spacial score (nSPS) is 10.9. The standard InChI is InChI=1S/C29H31FN4O2/c1-2-33(24-11-5-3-6-12-24)28(35)21-34-26-14-9-8-13-25(26)32-27(34)15-7-4-10-20-31-29(36)22-16-18-23(30)19-17-22/h3,5-6,8-9,11-14,16-19H,2,4,7,10,15,20-21H2,1H3,(H,31,36). The van der Waals surface area contributed by atoms with Gasteiger partial charge in [0.2, 0.25) is 5.91 Å². The summed E-state index contributed by atoms with van der Waals surface area (Å²) in [6, 6.07) is 23.1. The first-order valence-electron chi connectivity index (χ1n) is 12.4. The van der Waals surface area contributed by atoms with Crippen LogP contribution >= 0.6 is 0 Å². The van der Waals surface area contributed by atoms with E-state index >= 15 is 0 Å². The van der Waals surface area contributed by atoms with E-state index in [4.69, 9.17) is 4.98 Å². The lowest BCUT2D eigenvalue weighted by atomic mass is 10.1. The minimum absolute atomic E-state index is 0.0246. The number of likely N-dealkylation sites (N-methyl/N-ethyl adjacent to an activating group) is 1. The molecule has 0 fully saturated rings. The molecule has 0 bridgehead atoms. The van der Waals surface area contributed by atoms with Crippen LogP contribution in [-0.2, 0) is 17.8 Å². The predicted molar refractivity (Wildman–Crippen MR) is 140 cm³/mol. The van der Waals surface area contributed by atoms with Gasteiger partial charge in [-0.15, -0.1) is 0 Å². The SMILES string of the molecule is CCN(C(=O)Cn1c(CCCCCNC(=O)c2ccc(F)cc2)nc2ccccc21)c1ccccc1. The van der Waals surface area contributed by atoms with Crippen molar-refractivity contribution < 1.29 is 14.0 Å². The summed E-state index contributed by atoms with van der Waals surface area (Å²) in [7, 11) is 0. The topological polar surface area (TPSA) is 67.2 Å². The Labute approximate surface area is 210 Å². The van der Waals surface area contributed by atoms with Gasteiger partial charge in [-0.05, 0) is 68.3 Å². The lowest BCUT2D eigenvalue weighted by Crippen LogP contribution is -2.34. The van der Waals surface area contributed by atoms with Crippen LogP contribution in [0.4, 0.5) is 10.1 Å². The maximum Gasteiger partial charge on any atom is 0.251 e. The molecule has 4 aromatic rings. The molecule has 0 aliphatic heterocycles. The first-order valence-corrected chi connectivity index (χ1v) is 12.4. The number of halogens is 1. The van der Waals surface area contributed by atoms with Crippen LogP contribution in [0.3, 0.4) is 0 Å². The number of benzene rings is 3. The number of nitrogens with one attached hydrogen (secondary N) is 1. The summed E-state index contributed by atoms with van der Waals surface area (Å²) in [6.45, 7) is 3.35. The van der Waals surface area contributed by atoms with Crippen molar-refractivity contribution in [3.05, 3.63) is 96.1 Å². The summed E-state index contributed by atoms with van der Waals surface area (Å²) in [5.41, 5.74) is 3.18. The average molecular weight is 487 g/mol. The third-order valence-corrected chi connectivity index (χ3v) is 6.18. The van der Waals surface area contributed by atoms with Crippen molar-refractivity contribution >= 4 is 28.5 Å². The van der Waals surface area contributed by atoms with E-state index in [1.807, 2.05) is 66.1 Å². The third-order valence-electron chi connectivity index (χ3n) is 6.18. The largest absolute Gasteiger partial charge is 0.352 e. The summed E-state index contributed by atoms with van der Waals surface area (Å²) in [5.74, 6) is 0.358. The number of carbonyl (C=O) groups is 2. The molecule has 1 N–H and O–H groups in total. The number of aryl methyl sites for hydroxylation is 1. The number of anilines is 1.